The minimum atomic E-state index is 1.20. The van der Waals surface area contributed by atoms with Crippen LogP contribution in [-0.2, 0) is 0 Å². The molecule has 6 aromatic carbocycles. The molecular formula is C36H21NS2. The van der Waals surface area contributed by atoms with Gasteiger partial charge in [0.15, 0.2) is 0 Å². The highest BCUT2D eigenvalue weighted by Gasteiger charge is 2.21. The summed E-state index contributed by atoms with van der Waals surface area (Å²) in [5.74, 6) is 0. The fourth-order valence-corrected chi connectivity index (χ4v) is 8.71. The van der Waals surface area contributed by atoms with Crippen LogP contribution in [0.1, 0.15) is 0 Å². The van der Waals surface area contributed by atoms with Crippen LogP contribution >= 0.6 is 22.7 Å². The summed E-state index contributed by atoms with van der Waals surface area (Å²) in [4.78, 5) is 0. The van der Waals surface area contributed by atoms with Crippen molar-refractivity contribution in [2.75, 3.05) is 0 Å². The fraction of sp³-hybridized carbons (Fsp3) is 0. The van der Waals surface area contributed by atoms with Gasteiger partial charge in [-0.3, -0.25) is 0 Å². The smallest absolute Gasteiger partial charge is 0.0720 e. The molecule has 0 unspecified atom stereocenters. The van der Waals surface area contributed by atoms with Gasteiger partial charge in [-0.15, -0.1) is 22.7 Å². The molecule has 3 heterocycles. The van der Waals surface area contributed by atoms with E-state index in [1.54, 1.807) is 0 Å². The van der Waals surface area contributed by atoms with Crippen LogP contribution in [-0.4, -0.2) is 4.57 Å². The molecule has 9 rings (SSSR count). The van der Waals surface area contributed by atoms with Crippen LogP contribution in [0.4, 0.5) is 0 Å². The normalized spacial score (nSPS) is 12.1. The molecule has 3 aromatic heterocycles. The first-order chi connectivity index (χ1) is 19.3. The van der Waals surface area contributed by atoms with E-state index in [9.17, 15) is 0 Å². The zero-order chi connectivity index (χ0) is 25.5. The summed E-state index contributed by atoms with van der Waals surface area (Å²) in [6.45, 7) is 0. The van der Waals surface area contributed by atoms with Gasteiger partial charge in [-0.1, -0.05) is 103 Å². The van der Waals surface area contributed by atoms with Crippen LogP contribution < -0.4 is 0 Å². The van der Waals surface area contributed by atoms with Gasteiger partial charge in [0.05, 0.1) is 20.4 Å². The second-order valence-electron chi connectivity index (χ2n) is 10.1. The average molecular weight is 532 g/mol. The summed E-state index contributed by atoms with van der Waals surface area (Å²) in [6, 6.07) is 46.7. The third kappa shape index (κ3) is 3.00. The quantitative estimate of drug-likeness (QED) is 0.209. The Morgan fingerprint density at radius 3 is 1.38 bits per heavy atom. The lowest BCUT2D eigenvalue weighted by Crippen LogP contribution is -1.94. The third-order valence-corrected chi connectivity index (χ3v) is 10.4. The zero-order valence-corrected chi connectivity index (χ0v) is 22.5. The lowest BCUT2D eigenvalue weighted by molar-refractivity contribution is 1.20. The number of thiophene rings is 2. The number of nitrogens with zero attached hydrogens (tertiary/aromatic N) is 1. The summed E-state index contributed by atoms with van der Waals surface area (Å²) in [5, 5.41) is 7.97. The summed E-state index contributed by atoms with van der Waals surface area (Å²) in [7, 11) is 0. The molecule has 0 spiro atoms. The van der Waals surface area contributed by atoms with Crippen molar-refractivity contribution in [3.63, 3.8) is 0 Å². The monoisotopic (exact) mass is 531 g/mol. The molecular weight excluding hydrogens is 511 g/mol. The molecule has 3 heteroatoms. The molecule has 0 saturated heterocycles. The molecule has 0 aliphatic heterocycles. The van der Waals surface area contributed by atoms with Crippen molar-refractivity contribution < 1.29 is 0 Å². The predicted octanol–water partition coefficient (Wildman–Crippen LogP) is 11.2. The Kier molecular flexibility index (Phi) is 4.43. The van der Waals surface area contributed by atoms with Gasteiger partial charge in [0, 0.05) is 47.4 Å². The largest absolute Gasteiger partial charge is 0.306 e. The summed E-state index contributed by atoms with van der Waals surface area (Å²) in [5.41, 5.74) is 6.29. The maximum atomic E-state index is 2.54. The van der Waals surface area contributed by atoms with E-state index in [0.29, 0.717) is 0 Å². The van der Waals surface area contributed by atoms with Crippen molar-refractivity contribution in [1.29, 1.82) is 0 Å². The predicted molar refractivity (Wildman–Crippen MR) is 172 cm³/mol. The van der Waals surface area contributed by atoms with Crippen molar-refractivity contribution in [2.45, 2.75) is 0 Å². The van der Waals surface area contributed by atoms with E-state index in [-0.39, 0.29) is 0 Å². The highest BCUT2D eigenvalue weighted by atomic mass is 32.1. The van der Waals surface area contributed by atoms with E-state index in [0.717, 1.165) is 0 Å². The zero-order valence-electron chi connectivity index (χ0n) is 20.9. The van der Waals surface area contributed by atoms with Gasteiger partial charge in [0.2, 0.25) is 0 Å². The first-order valence-electron chi connectivity index (χ1n) is 13.2. The fourth-order valence-electron chi connectivity index (χ4n) is 6.23. The second kappa shape index (κ2) is 8.03. The van der Waals surface area contributed by atoms with E-state index in [1.165, 1.54) is 79.0 Å². The standard InChI is InChI=1S/C36H21NS2/c1-2-8-22(9-3-1)23-14-16-24(17-15-23)37-33-27(18-20-29-25-10-4-6-12-31(25)38-35(29)33)28-19-21-30-26-11-5-7-13-32(26)39-36(30)34(28)37/h1-21H. The number of hydrogen-bond acceptors (Lipinski definition) is 2. The van der Waals surface area contributed by atoms with Gasteiger partial charge in [-0.2, -0.15) is 0 Å². The molecule has 0 saturated carbocycles. The molecule has 39 heavy (non-hydrogen) atoms. The Labute approximate surface area is 232 Å². The van der Waals surface area contributed by atoms with Crippen LogP contribution in [0.3, 0.4) is 0 Å². The SMILES string of the molecule is c1ccc(-c2ccc(-n3c4c(ccc5c6ccccc6sc54)c4ccc5c6ccccc6sc5c43)cc2)cc1. The molecule has 182 valence electrons. The highest BCUT2D eigenvalue weighted by Crippen LogP contribution is 2.47. The van der Waals surface area contributed by atoms with Crippen LogP contribution in [0.25, 0.3) is 79.0 Å². The molecule has 0 amide bonds. The highest BCUT2D eigenvalue weighted by molar-refractivity contribution is 7.27. The van der Waals surface area contributed by atoms with Crippen LogP contribution in [0.15, 0.2) is 127 Å². The minimum Gasteiger partial charge on any atom is -0.306 e. The van der Waals surface area contributed by atoms with Crippen LogP contribution in [0.2, 0.25) is 0 Å². The van der Waals surface area contributed by atoms with E-state index in [1.807, 2.05) is 22.7 Å². The van der Waals surface area contributed by atoms with Crippen LogP contribution in [0.5, 0.6) is 0 Å². The van der Waals surface area contributed by atoms with E-state index < -0.39 is 0 Å². The van der Waals surface area contributed by atoms with Crippen molar-refractivity contribution in [3.05, 3.63) is 127 Å². The Hall–Kier alpha value is -4.44. The van der Waals surface area contributed by atoms with E-state index in [2.05, 4.69) is 132 Å². The second-order valence-corrected chi connectivity index (χ2v) is 12.2. The Morgan fingerprint density at radius 2 is 0.821 bits per heavy atom. The maximum Gasteiger partial charge on any atom is 0.0720 e. The van der Waals surface area contributed by atoms with Crippen molar-refractivity contribution in [1.82, 2.24) is 4.57 Å². The lowest BCUT2D eigenvalue weighted by Gasteiger charge is -2.10. The number of hydrogen-bond donors (Lipinski definition) is 0. The summed E-state index contributed by atoms with van der Waals surface area (Å²) in [6.07, 6.45) is 0. The maximum absolute atomic E-state index is 2.54. The number of aromatic nitrogens is 1. The summed E-state index contributed by atoms with van der Waals surface area (Å²) >= 11 is 3.82. The topological polar surface area (TPSA) is 4.93 Å². The molecule has 0 radical (unpaired) electrons. The van der Waals surface area contributed by atoms with Gasteiger partial charge < -0.3 is 4.57 Å². The van der Waals surface area contributed by atoms with Crippen molar-refractivity contribution in [2.24, 2.45) is 0 Å². The molecule has 0 N–H and O–H groups in total. The van der Waals surface area contributed by atoms with Gasteiger partial charge >= 0.3 is 0 Å². The van der Waals surface area contributed by atoms with E-state index >= 15 is 0 Å². The summed E-state index contributed by atoms with van der Waals surface area (Å²) < 4.78 is 7.92. The number of fused-ring (bicyclic) bond motifs is 11. The average Bonchev–Trinajstić information content (AvgIpc) is 3.67. The van der Waals surface area contributed by atoms with Gasteiger partial charge in [0.1, 0.15) is 0 Å². The van der Waals surface area contributed by atoms with Gasteiger partial charge in [-0.25, -0.2) is 0 Å². The molecule has 0 atom stereocenters. The van der Waals surface area contributed by atoms with Crippen molar-refractivity contribution in [3.8, 4) is 16.8 Å². The lowest BCUT2D eigenvalue weighted by atomic mass is 10.1. The van der Waals surface area contributed by atoms with E-state index in [4.69, 9.17) is 0 Å². The first-order valence-corrected chi connectivity index (χ1v) is 14.8. The molecule has 9 aromatic rings. The number of benzene rings is 6. The van der Waals surface area contributed by atoms with Crippen molar-refractivity contribution >= 4 is 84.8 Å². The minimum absolute atomic E-state index is 1.20. The molecule has 0 aliphatic rings. The van der Waals surface area contributed by atoms with Gasteiger partial charge in [-0.05, 0) is 35.4 Å². The molecule has 0 fully saturated rings. The third-order valence-electron chi connectivity index (χ3n) is 8.01. The van der Waals surface area contributed by atoms with Crippen LogP contribution in [0, 0.1) is 0 Å². The molecule has 0 bridgehead atoms. The molecule has 0 aliphatic carbocycles. The first kappa shape index (κ1) is 21.5. The van der Waals surface area contributed by atoms with Gasteiger partial charge in [0.25, 0.3) is 0 Å². The Balaban J connectivity index is 1.46. The Morgan fingerprint density at radius 1 is 0.359 bits per heavy atom. The Bertz CT molecular complexity index is 2240. The number of rotatable bonds is 2. The molecule has 1 nitrogen and oxygen atoms in total.